The zero-order valence-electron chi connectivity index (χ0n) is 49.9. The van der Waals surface area contributed by atoms with Crippen molar-refractivity contribution in [3.63, 3.8) is 0 Å². The number of hydrogen-bond acceptors (Lipinski definition) is 3. The van der Waals surface area contributed by atoms with Crippen LogP contribution in [0.25, 0.3) is 166 Å². The summed E-state index contributed by atoms with van der Waals surface area (Å²) in [5, 5.41) is 9.38. The number of rotatable bonds is 8. The first-order valence-electron chi connectivity index (χ1n) is 31.2. The van der Waals surface area contributed by atoms with Gasteiger partial charge in [-0.2, -0.15) is 9.97 Å². The highest BCUT2D eigenvalue weighted by molar-refractivity contribution is 6.20. The first-order chi connectivity index (χ1) is 44.9. The van der Waals surface area contributed by atoms with Gasteiger partial charge in [-0.05, 0) is 160 Å². The van der Waals surface area contributed by atoms with Crippen LogP contribution in [0.15, 0.2) is 297 Å². The summed E-state index contributed by atoms with van der Waals surface area (Å²) in [6.45, 7) is 4.75. The van der Waals surface area contributed by atoms with Crippen molar-refractivity contribution in [3.05, 3.63) is 308 Å². The molecule has 0 atom stereocenters. The molecule has 1 aliphatic rings. The normalized spacial score (nSPS) is 12.8. The highest BCUT2D eigenvalue weighted by atomic mass is 15.2. The molecule has 0 N–H and O–H groups in total. The van der Waals surface area contributed by atoms with Crippen molar-refractivity contribution in [2.24, 2.45) is 0 Å². The number of hydrogen-bond donors (Lipinski definition) is 0. The molecule has 0 aliphatic heterocycles. The summed E-state index contributed by atoms with van der Waals surface area (Å²) in [5.41, 5.74) is 24.0. The largest absolute Gasteiger partial charge is 0.309 e. The molecular formula is C84H55N7. The molecule has 0 spiro atoms. The SMILES string of the molecule is CC1(C)c2ccccc2-c2cc3c(cc21)c1cc(-c2ccc4c(c2)c2cc(-c5ccc6c(c5)c5cc7c(cc5n6-c5nc(-c6ccccc6)nc(-c6ccccc6)n5)c5ccccc5n7-c5ccccc5)ccc2n4-c2ccccc2)ccc1n3-c1ccccc1. The maximum Gasteiger partial charge on any atom is 0.238 e. The van der Waals surface area contributed by atoms with Crippen LogP contribution in [-0.2, 0) is 5.41 Å². The second-order valence-corrected chi connectivity index (χ2v) is 24.8. The minimum Gasteiger partial charge on any atom is -0.309 e. The smallest absolute Gasteiger partial charge is 0.238 e. The van der Waals surface area contributed by atoms with Gasteiger partial charge in [0.2, 0.25) is 5.95 Å². The first kappa shape index (κ1) is 51.1. The Bertz CT molecular complexity index is 5960. The molecule has 91 heavy (non-hydrogen) atoms. The maximum absolute atomic E-state index is 5.37. The molecule has 5 aromatic heterocycles. The highest BCUT2D eigenvalue weighted by Crippen LogP contribution is 2.52. The maximum atomic E-state index is 5.37. The minimum atomic E-state index is -0.131. The molecule has 0 radical (unpaired) electrons. The molecule has 0 amide bonds. The van der Waals surface area contributed by atoms with Crippen LogP contribution in [0.1, 0.15) is 25.0 Å². The molecule has 7 heteroatoms. The van der Waals surface area contributed by atoms with Gasteiger partial charge in [-0.3, -0.25) is 4.57 Å². The number of para-hydroxylation sites is 4. The van der Waals surface area contributed by atoms with E-state index in [1.54, 1.807) is 0 Å². The van der Waals surface area contributed by atoms with E-state index in [4.69, 9.17) is 15.0 Å². The number of aromatic nitrogens is 7. The van der Waals surface area contributed by atoms with Crippen molar-refractivity contribution < 1.29 is 0 Å². The van der Waals surface area contributed by atoms with Crippen LogP contribution in [-0.4, -0.2) is 33.2 Å². The van der Waals surface area contributed by atoms with E-state index >= 15 is 0 Å². The van der Waals surface area contributed by atoms with Crippen LogP contribution in [0.2, 0.25) is 0 Å². The van der Waals surface area contributed by atoms with Crippen molar-refractivity contribution in [3.8, 4) is 79.2 Å². The minimum absolute atomic E-state index is 0.131. The van der Waals surface area contributed by atoms with E-state index in [0.717, 1.165) is 88.6 Å². The average molecular weight is 1160 g/mol. The van der Waals surface area contributed by atoms with Gasteiger partial charge < -0.3 is 13.7 Å². The van der Waals surface area contributed by atoms with E-state index in [9.17, 15) is 0 Å². The van der Waals surface area contributed by atoms with Crippen molar-refractivity contribution in [2.45, 2.75) is 19.3 Å². The van der Waals surface area contributed by atoms with Gasteiger partial charge in [0.05, 0.1) is 44.1 Å². The van der Waals surface area contributed by atoms with Gasteiger partial charge in [-0.15, -0.1) is 0 Å². The van der Waals surface area contributed by atoms with E-state index in [2.05, 4.69) is 293 Å². The summed E-state index contributed by atoms with van der Waals surface area (Å²) < 4.78 is 9.53. The summed E-state index contributed by atoms with van der Waals surface area (Å²) in [6, 6.07) is 108. The van der Waals surface area contributed by atoms with Gasteiger partial charge in [0.15, 0.2) is 11.6 Å². The monoisotopic (exact) mass is 1160 g/mol. The van der Waals surface area contributed by atoms with Gasteiger partial charge in [-0.1, -0.05) is 196 Å². The Morgan fingerprint density at radius 2 is 0.582 bits per heavy atom. The van der Waals surface area contributed by atoms with Crippen LogP contribution < -0.4 is 0 Å². The Kier molecular flexibility index (Phi) is 11.0. The Morgan fingerprint density at radius 1 is 0.231 bits per heavy atom. The van der Waals surface area contributed by atoms with Crippen molar-refractivity contribution >= 4 is 87.2 Å². The first-order valence-corrected chi connectivity index (χ1v) is 31.2. The van der Waals surface area contributed by atoms with Gasteiger partial charge in [0.1, 0.15) is 0 Å². The third-order valence-electron chi connectivity index (χ3n) is 19.4. The van der Waals surface area contributed by atoms with Crippen molar-refractivity contribution in [1.29, 1.82) is 0 Å². The molecule has 7 nitrogen and oxygen atoms in total. The van der Waals surface area contributed by atoms with Crippen LogP contribution in [0.4, 0.5) is 0 Å². The molecule has 0 saturated heterocycles. The molecule has 13 aromatic carbocycles. The topological polar surface area (TPSA) is 58.4 Å². The third-order valence-corrected chi connectivity index (χ3v) is 19.4. The Morgan fingerprint density at radius 3 is 1.08 bits per heavy atom. The summed E-state index contributed by atoms with van der Waals surface area (Å²) in [5.74, 6) is 1.77. The zero-order chi connectivity index (χ0) is 60.1. The van der Waals surface area contributed by atoms with Gasteiger partial charge in [0.25, 0.3) is 0 Å². The summed E-state index contributed by atoms with van der Waals surface area (Å²) in [6.07, 6.45) is 0. The fourth-order valence-electron chi connectivity index (χ4n) is 15.1. The molecule has 0 bridgehead atoms. The summed E-state index contributed by atoms with van der Waals surface area (Å²) in [4.78, 5) is 15.9. The molecule has 19 rings (SSSR count). The standard InChI is InChI=1S/C84H55N7/c1-84(2)71-34-20-18-32-61(71)63-49-78-68(48-72(63)84)66-46-56(38-42-76(66)90(78)60-30-16-7-17-31-60)54-36-40-74-64(44-54)65-45-55(37-41-75(65)88(74)58-26-12-5-13-27-58)57-39-43-77-67(47-57)70-51-79-69(62-33-19-21-35-73(62)89(79)59-28-14-6-15-29-59)50-80(70)91(77)83-86-81(52-22-8-3-9-23-52)85-82(87-83)53-24-10-4-11-25-53/h3-51H,1-2H3. The molecular weight excluding hydrogens is 1110 g/mol. The number of benzene rings is 13. The molecule has 426 valence electrons. The van der Waals surface area contributed by atoms with Crippen LogP contribution in [0.3, 0.4) is 0 Å². The van der Waals surface area contributed by atoms with Gasteiger partial charge >= 0.3 is 0 Å². The van der Waals surface area contributed by atoms with Crippen molar-refractivity contribution in [2.75, 3.05) is 0 Å². The lowest BCUT2D eigenvalue weighted by atomic mass is 9.82. The van der Waals surface area contributed by atoms with Crippen LogP contribution >= 0.6 is 0 Å². The van der Waals surface area contributed by atoms with E-state index in [0.29, 0.717) is 17.6 Å². The van der Waals surface area contributed by atoms with Crippen LogP contribution in [0, 0.1) is 0 Å². The molecule has 18 aromatic rings. The second kappa shape index (κ2) is 19.5. The van der Waals surface area contributed by atoms with Gasteiger partial charge in [-0.25, -0.2) is 4.98 Å². The fourth-order valence-corrected chi connectivity index (χ4v) is 15.1. The lowest BCUT2D eigenvalue weighted by molar-refractivity contribution is 0.661. The number of fused-ring (bicyclic) bond motifs is 15. The van der Waals surface area contributed by atoms with Gasteiger partial charge in [0, 0.05) is 76.7 Å². The molecule has 0 fully saturated rings. The zero-order valence-corrected chi connectivity index (χ0v) is 49.9. The highest BCUT2D eigenvalue weighted by Gasteiger charge is 2.36. The Hall–Kier alpha value is -11.9. The van der Waals surface area contributed by atoms with E-state index in [1.807, 2.05) is 36.4 Å². The lowest BCUT2D eigenvalue weighted by Gasteiger charge is -2.21. The summed E-state index contributed by atoms with van der Waals surface area (Å²) >= 11 is 0. The third kappa shape index (κ3) is 7.71. The van der Waals surface area contributed by atoms with E-state index in [1.165, 1.54) is 71.3 Å². The lowest BCUT2D eigenvalue weighted by Crippen LogP contribution is -2.14. The van der Waals surface area contributed by atoms with E-state index in [-0.39, 0.29) is 5.41 Å². The van der Waals surface area contributed by atoms with Crippen LogP contribution in [0.5, 0.6) is 0 Å². The molecule has 5 heterocycles. The fraction of sp³-hybridized carbons (Fsp3) is 0.0357. The predicted molar refractivity (Wildman–Crippen MR) is 376 cm³/mol. The average Bonchev–Trinajstić information content (AvgIpc) is 1.66. The Labute approximate surface area is 524 Å². The Balaban J connectivity index is 0.822. The summed E-state index contributed by atoms with van der Waals surface area (Å²) in [7, 11) is 0. The van der Waals surface area contributed by atoms with E-state index < -0.39 is 0 Å². The molecule has 1 aliphatic carbocycles. The second-order valence-electron chi connectivity index (χ2n) is 24.8. The molecule has 0 saturated carbocycles. The predicted octanol–water partition coefficient (Wildman–Crippen LogP) is 21.2. The van der Waals surface area contributed by atoms with Crippen molar-refractivity contribution in [1.82, 2.24) is 33.2 Å². The number of nitrogens with zero attached hydrogens (tertiary/aromatic N) is 7. The quantitative estimate of drug-likeness (QED) is 0.152. The molecule has 0 unspecified atom stereocenters.